The molecule has 1 aromatic carbocycles. The van der Waals surface area contributed by atoms with E-state index in [4.69, 9.17) is 4.74 Å². The van der Waals surface area contributed by atoms with E-state index in [1.807, 2.05) is 30.3 Å². The van der Waals surface area contributed by atoms with Crippen LogP contribution in [0.2, 0.25) is 0 Å². The molecule has 1 heterocycles. The molecule has 0 radical (unpaired) electrons. The molecule has 100 valence electrons. The summed E-state index contributed by atoms with van der Waals surface area (Å²) >= 11 is 0. The minimum atomic E-state index is -3.37. The van der Waals surface area contributed by atoms with Crippen molar-refractivity contribution in [3.8, 4) is 0 Å². The van der Waals surface area contributed by atoms with Crippen molar-refractivity contribution in [2.75, 3.05) is 26.2 Å². The van der Waals surface area contributed by atoms with Gasteiger partial charge in [-0.25, -0.2) is 4.72 Å². The normalized spacial score (nSPS) is 21.9. The zero-order chi connectivity index (χ0) is 13.0. The Labute approximate surface area is 108 Å². The standard InChI is InChI=1S/C12H18N2O3S/c1-2-13-18(15,16)14-8-9-17-12(10-14)11-6-4-3-5-7-11/h3-7,12-13H,2,8-10H2,1H3. The highest BCUT2D eigenvalue weighted by molar-refractivity contribution is 7.87. The number of rotatable bonds is 4. The first-order valence-corrected chi connectivity index (χ1v) is 7.49. The Morgan fingerprint density at radius 1 is 1.39 bits per heavy atom. The van der Waals surface area contributed by atoms with Gasteiger partial charge in [0, 0.05) is 19.6 Å². The zero-order valence-electron chi connectivity index (χ0n) is 10.4. The van der Waals surface area contributed by atoms with E-state index in [9.17, 15) is 8.42 Å². The Kier molecular flexibility index (Phi) is 4.34. The lowest BCUT2D eigenvalue weighted by Crippen LogP contribution is -2.47. The van der Waals surface area contributed by atoms with Crippen molar-refractivity contribution in [3.63, 3.8) is 0 Å². The largest absolute Gasteiger partial charge is 0.371 e. The first kappa shape index (κ1) is 13.5. The molecule has 1 saturated heterocycles. The Hall–Kier alpha value is -0.950. The van der Waals surface area contributed by atoms with Gasteiger partial charge < -0.3 is 4.74 Å². The molecule has 1 aromatic rings. The van der Waals surface area contributed by atoms with Crippen LogP contribution in [-0.2, 0) is 14.9 Å². The van der Waals surface area contributed by atoms with Gasteiger partial charge in [-0.2, -0.15) is 12.7 Å². The van der Waals surface area contributed by atoms with Crippen LogP contribution in [0.15, 0.2) is 30.3 Å². The number of hydrogen-bond acceptors (Lipinski definition) is 3. The van der Waals surface area contributed by atoms with E-state index in [0.29, 0.717) is 26.2 Å². The lowest BCUT2D eigenvalue weighted by molar-refractivity contribution is -0.00290. The van der Waals surface area contributed by atoms with Gasteiger partial charge in [-0.15, -0.1) is 0 Å². The third kappa shape index (κ3) is 3.08. The predicted octanol–water partition coefficient (Wildman–Crippen LogP) is 0.914. The monoisotopic (exact) mass is 270 g/mol. The van der Waals surface area contributed by atoms with Crippen LogP contribution in [-0.4, -0.2) is 39.0 Å². The molecule has 0 bridgehead atoms. The topological polar surface area (TPSA) is 58.6 Å². The third-order valence-electron chi connectivity index (χ3n) is 2.87. The summed E-state index contributed by atoms with van der Waals surface area (Å²) < 4.78 is 33.4. The molecule has 2 rings (SSSR count). The van der Waals surface area contributed by atoms with E-state index in [0.717, 1.165) is 5.56 Å². The van der Waals surface area contributed by atoms with Crippen molar-refractivity contribution < 1.29 is 13.2 Å². The van der Waals surface area contributed by atoms with Crippen molar-refractivity contribution in [3.05, 3.63) is 35.9 Å². The van der Waals surface area contributed by atoms with Gasteiger partial charge in [-0.05, 0) is 5.56 Å². The molecule has 0 aliphatic carbocycles. The second-order valence-corrected chi connectivity index (χ2v) is 5.89. The lowest BCUT2D eigenvalue weighted by Gasteiger charge is -2.32. The van der Waals surface area contributed by atoms with Crippen LogP contribution in [0.5, 0.6) is 0 Å². The van der Waals surface area contributed by atoms with E-state index < -0.39 is 10.2 Å². The number of hydrogen-bond donors (Lipinski definition) is 1. The van der Waals surface area contributed by atoms with Crippen molar-refractivity contribution in [2.24, 2.45) is 0 Å². The average Bonchev–Trinajstić information content (AvgIpc) is 2.40. The van der Waals surface area contributed by atoms with E-state index >= 15 is 0 Å². The molecule has 0 spiro atoms. The van der Waals surface area contributed by atoms with Crippen LogP contribution >= 0.6 is 0 Å². The highest BCUT2D eigenvalue weighted by Gasteiger charge is 2.29. The number of ether oxygens (including phenoxy) is 1. The summed E-state index contributed by atoms with van der Waals surface area (Å²) in [5.74, 6) is 0. The van der Waals surface area contributed by atoms with Crippen LogP contribution in [0.25, 0.3) is 0 Å². The van der Waals surface area contributed by atoms with Gasteiger partial charge in [0.05, 0.1) is 12.7 Å². The highest BCUT2D eigenvalue weighted by Crippen LogP contribution is 2.22. The van der Waals surface area contributed by atoms with E-state index in [2.05, 4.69) is 4.72 Å². The fraction of sp³-hybridized carbons (Fsp3) is 0.500. The zero-order valence-corrected chi connectivity index (χ0v) is 11.2. The van der Waals surface area contributed by atoms with Gasteiger partial charge in [-0.1, -0.05) is 37.3 Å². The lowest BCUT2D eigenvalue weighted by atomic mass is 10.1. The Morgan fingerprint density at radius 3 is 2.78 bits per heavy atom. The molecule has 0 amide bonds. The molecule has 0 saturated carbocycles. The fourth-order valence-corrected chi connectivity index (χ4v) is 3.18. The molecule has 0 aromatic heterocycles. The molecule has 1 aliphatic rings. The summed E-state index contributed by atoms with van der Waals surface area (Å²) in [6, 6.07) is 9.69. The summed E-state index contributed by atoms with van der Waals surface area (Å²) in [6.45, 7) is 3.35. The summed E-state index contributed by atoms with van der Waals surface area (Å²) in [7, 11) is -3.37. The Bertz CT molecular complexity index is 475. The van der Waals surface area contributed by atoms with E-state index in [-0.39, 0.29) is 6.10 Å². The Balaban J connectivity index is 2.10. The number of morpholine rings is 1. The molecular formula is C12H18N2O3S. The van der Waals surface area contributed by atoms with Crippen LogP contribution in [0, 0.1) is 0 Å². The maximum absolute atomic E-state index is 11.9. The molecule has 1 fully saturated rings. The van der Waals surface area contributed by atoms with Gasteiger partial charge in [0.25, 0.3) is 10.2 Å². The van der Waals surface area contributed by atoms with Crippen molar-refractivity contribution in [2.45, 2.75) is 13.0 Å². The summed E-state index contributed by atoms with van der Waals surface area (Å²) in [6.07, 6.45) is -0.187. The van der Waals surface area contributed by atoms with Gasteiger partial charge in [0.15, 0.2) is 0 Å². The van der Waals surface area contributed by atoms with Crippen LogP contribution in [0.3, 0.4) is 0 Å². The Morgan fingerprint density at radius 2 is 2.11 bits per heavy atom. The molecule has 1 aliphatic heterocycles. The SMILES string of the molecule is CCNS(=O)(=O)N1CCOC(c2ccccc2)C1. The van der Waals surface area contributed by atoms with Crippen LogP contribution in [0.1, 0.15) is 18.6 Å². The maximum atomic E-state index is 11.9. The molecule has 5 nitrogen and oxygen atoms in total. The van der Waals surface area contributed by atoms with Gasteiger partial charge >= 0.3 is 0 Å². The van der Waals surface area contributed by atoms with Crippen molar-refractivity contribution in [1.29, 1.82) is 0 Å². The second kappa shape index (κ2) is 5.79. The number of benzene rings is 1. The van der Waals surface area contributed by atoms with Gasteiger partial charge in [-0.3, -0.25) is 0 Å². The highest BCUT2D eigenvalue weighted by atomic mass is 32.2. The van der Waals surface area contributed by atoms with Crippen LogP contribution in [0.4, 0.5) is 0 Å². The predicted molar refractivity (Wildman–Crippen MR) is 69.3 cm³/mol. The first-order chi connectivity index (χ1) is 8.63. The summed E-state index contributed by atoms with van der Waals surface area (Å²) in [5, 5.41) is 0. The fourth-order valence-electron chi connectivity index (χ4n) is 1.99. The molecule has 1 atom stereocenters. The molecule has 18 heavy (non-hydrogen) atoms. The average molecular weight is 270 g/mol. The van der Waals surface area contributed by atoms with Crippen molar-refractivity contribution in [1.82, 2.24) is 9.03 Å². The smallest absolute Gasteiger partial charge is 0.279 e. The molecule has 6 heteroatoms. The molecule has 1 unspecified atom stereocenters. The molecule has 1 N–H and O–H groups in total. The van der Waals surface area contributed by atoms with E-state index in [1.54, 1.807) is 6.92 Å². The van der Waals surface area contributed by atoms with E-state index in [1.165, 1.54) is 4.31 Å². The van der Waals surface area contributed by atoms with Crippen molar-refractivity contribution >= 4 is 10.2 Å². The second-order valence-electron chi connectivity index (χ2n) is 4.13. The summed E-state index contributed by atoms with van der Waals surface area (Å²) in [5.41, 5.74) is 1.01. The minimum Gasteiger partial charge on any atom is -0.371 e. The first-order valence-electron chi connectivity index (χ1n) is 6.05. The number of nitrogens with zero attached hydrogens (tertiary/aromatic N) is 1. The third-order valence-corrected chi connectivity index (χ3v) is 4.53. The summed E-state index contributed by atoms with van der Waals surface area (Å²) in [4.78, 5) is 0. The van der Waals surface area contributed by atoms with Gasteiger partial charge in [0.1, 0.15) is 0 Å². The molecular weight excluding hydrogens is 252 g/mol. The van der Waals surface area contributed by atoms with Crippen LogP contribution < -0.4 is 4.72 Å². The number of nitrogens with one attached hydrogen (secondary N) is 1. The minimum absolute atomic E-state index is 0.187. The van der Waals surface area contributed by atoms with Gasteiger partial charge in [0.2, 0.25) is 0 Å². The quantitative estimate of drug-likeness (QED) is 0.885. The maximum Gasteiger partial charge on any atom is 0.279 e.